The Balaban J connectivity index is 2.45. The van der Waals surface area contributed by atoms with E-state index in [1.54, 1.807) is 25.1 Å². The molecule has 0 aliphatic heterocycles. The van der Waals surface area contributed by atoms with Crippen molar-refractivity contribution >= 4 is 28.9 Å². The number of methoxy groups -OCH3 is 2. The Labute approximate surface area is 143 Å². The van der Waals surface area contributed by atoms with Crippen LogP contribution in [0.3, 0.4) is 0 Å². The lowest BCUT2D eigenvalue weighted by molar-refractivity contribution is -0.385. The second-order valence-corrected chi connectivity index (χ2v) is 5.33. The fraction of sp³-hybridized carbons (Fsp3) is 0.188. The van der Waals surface area contributed by atoms with E-state index in [4.69, 9.17) is 21.1 Å². The van der Waals surface area contributed by atoms with Crippen molar-refractivity contribution in [2.24, 2.45) is 0 Å². The second-order valence-electron chi connectivity index (χ2n) is 4.89. The largest absolute Gasteiger partial charge is 0.493 e. The van der Waals surface area contributed by atoms with Crippen LogP contribution < -0.4 is 14.8 Å². The van der Waals surface area contributed by atoms with E-state index in [0.717, 1.165) is 11.6 Å². The molecule has 0 bridgehead atoms. The van der Waals surface area contributed by atoms with Gasteiger partial charge >= 0.3 is 0 Å². The molecule has 2 aromatic carbocycles. The lowest BCUT2D eigenvalue weighted by atomic mass is 10.1. The Bertz CT molecular complexity index is 807. The molecule has 0 aromatic heterocycles. The summed E-state index contributed by atoms with van der Waals surface area (Å²) in [5, 5.41) is 14.4. The van der Waals surface area contributed by atoms with Crippen LogP contribution in [0.15, 0.2) is 30.3 Å². The molecule has 0 radical (unpaired) electrons. The summed E-state index contributed by atoms with van der Waals surface area (Å²) in [5.74, 6) is -0.238. The molecular formula is C16H15ClN2O5. The van der Waals surface area contributed by atoms with Gasteiger partial charge in [-0.25, -0.2) is 0 Å². The first-order chi connectivity index (χ1) is 11.4. The van der Waals surface area contributed by atoms with Gasteiger partial charge in [0.05, 0.1) is 25.2 Å². The molecule has 126 valence electrons. The molecule has 1 amide bonds. The van der Waals surface area contributed by atoms with E-state index < -0.39 is 10.8 Å². The Kier molecular flexibility index (Phi) is 5.25. The average molecular weight is 351 g/mol. The third-order valence-corrected chi connectivity index (χ3v) is 3.61. The molecule has 0 spiro atoms. The number of hydrogen-bond donors (Lipinski definition) is 1. The highest BCUT2D eigenvalue weighted by Crippen LogP contribution is 2.35. The number of rotatable bonds is 5. The smallest absolute Gasteiger partial charge is 0.286 e. The molecule has 2 rings (SSSR count). The van der Waals surface area contributed by atoms with Gasteiger partial charge in [0.15, 0.2) is 11.5 Å². The second kappa shape index (κ2) is 7.18. The molecule has 0 saturated heterocycles. The summed E-state index contributed by atoms with van der Waals surface area (Å²) in [6.45, 7) is 1.77. The predicted molar refractivity (Wildman–Crippen MR) is 90.3 cm³/mol. The van der Waals surface area contributed by atoms with Gasteiger partial charge in [-0.1, -0.05) is 11.6 Å². The number of anilines is 1. The minimum atomic E-state index is -0.647. The maximum Gasteiger partial charge on any atom is 0.286 e. The fourth-order valence-electron chi connectivity index (χ4n) is 2.16. The van der Waals surface area contributed by atoms with Crippen LogP contribution in [0.2, 0.25) is 5.02 Å². The van der Waals surface area contributed by atoms with E-state index in [2.05, 4.69) is 5.32 Å². The Hall–Kier alpha value is -2.80. The van der Waals surface area contributed by atoms with Crippen molar-refractivity contribution in [3.8, 4) is 11.5 Å². The minimum Gasteiger partial charge on any atom is -0.493 e. The van der Waals surface area contributed by atoms with Crippen LogP contribution in [0.25, 0.3) is 0 Å². The van der Waals surface area contributed by atoms with E-state index in [-0.39, 0.29) is 22.7 Å². The number of halogens is 1. The van der Waals surface area contributed by atoms with Crippen LogP contribution in [0.4, 0.5) is 11.4 Å². The zero-order valence-corrected chi connectivity index (χ0v) is 14.0. The first kappa shape index (κ1) is 17.6. The molecule has 1 N–H and O–H groups in total. The summed E-state index contributed by atoms with van der Waals surface area (Å²) in [7, 11) is 2.74. The Morgan fingerprint density at radius 1 is 1.17 bits per heavy atom. The van der Waals surface area contributed by atoms with E-state index >= 15 is 0 Å². The first-order valence-electron chi connectivity index (χ1n) is 6.85. The maximum absolute atomic E-state index is 12.5. The monoisotopic (exact) mass is 350 g/mol. The summed E-state index contributed by atoms with van der Waals surface area (Å²) in [6.07, 6.45) is 0. The number of hydrogen-bond acceptors (Lipinski definition) is 5. The number of carbonyl (C=O) groups excluding carboxylic acids is 1. The minimum absolute atomic E-state index is 0.132. The van der Waals surface area contributed by atoms with E-state index in [0.29, 0.717) is 10.7 Å². The van der Waals surface area contributed by atoms with Crippen molar-refractivity contribution in [2.75, 3.05) is 19.5 Å². The molecule has 0 atom stereocenters. The molecule has 0 saturated carbocycles. The lowest BCUT2D eigenvalue weighted by Crippen LogP contribution is -2.15. The van der Waals surface area contributed by atoms with Crippen LogP contribution in [-0.2, 0) is 0 Å². The summed E-state index contributed by atoms with van der Waals surface area (Å²) < 4.78 is 10.1. The lowest BCUT2D eigenvalue weighted by Gasteiger charge is -2.12. The predicted octanol–water partition coefficient (Wildman–Crippen LogP) is 3.83. The summed E-state index contributed by atoms with van der Waals surface area (Å²) in [5.41, 5.74) is 0.733. The first-order valence-corrected chi connectivity index (χ1v) is 7.23. The van der Waals surface area contributed by atoms with Crippen molar-refractivity contribution in [3.63, 3.8) is 0 Å². The van der Waals surface area contributed by atoms with Crippen LogP contribution in [0, 0.1) is 17.0 Å². The quantitative estimate of drug-likeness (QED) is 0.653. The zero-order valence-electron chi connectivity index (χ0n) is 13.3. The van der Waals surface area contributed by atoms with Gasteiger partial charge in [-0.15, -0.1) is 0 Å². The van der Waals surface area contributed by atoms with Crippen LogP contribution in [0.5, 0.6) is 11.5 Å². The van der Waals surface area contributed by atoms with Gasteiger partial charge in [0, 0.05) is 16.8 Å². The maximum atomic E-state index is 12.5. The fourth-order valence-corrected chi connectivity index (χ4v) is 2.38. The van der Waals surface area contributed by atoms with Gasteiger partial charge < -0.3 is 14.8 Å². The molecule has 24 heavy (non-hydrogen) atoms. The third kappa shape index (κ3) is 3.57. The van der Waals surface area contributed by atoms with Crippen LogP contribution >= 0.6 is 11.6 Å². The molecule has 2 aromatic rings. The van der Waals surface area contributed by atoms with Crippen molar-refractivity contribution in [1.82, 2.24) is 0 Å². The normalized spacial score (nSPS) is 10.2. The summed E-state index contributed by atoms with van der Waals surface area (Å²) in [6, 6.07) is 7.36. The topological polar surface area (TPSA) is 90.7 Å². The molecule has 8 heteroatoms. The Morgan fingerprint density at radius 2 is 1.79 bits per heavy atom. The van der Waals surface area contributed by atoms with Crippen molar-refractivity contribution in [3.05, 3.63) is 56.6 Å². The standard InChI is InChI=1S/C16H15ClN2O5/c1-9-6-10(17)4-5-12(9)18-16(20)11-7-14(23-2)15(24-3)8-13(11)19(21)22/h4-8H,1-3H3,(H,18,20). The van der Waals surface area contributed by atoms with Gasteiger partial charge in [-0.2, -0.15) is 0 Å². The summed E-state index contributed by atoms with van der Waals surface area (Å²) >= 11 is 5.88. The van der Waals surface area contributed by atoms with Crippen molar-refractivity contribution in [1.29, 1.82) is 0 Å². The van der Waals surface area contributed by atoms with Crippen LogP contribution in [0.1, 0.15) is 15.9 Å². The van der Waals surface area contributed by atoms with Crippen LogP contribution in [-0.4, -0.2) is 25.1 Å². The molecule has 0 unspecified atom stereocenters. The third-order valence-electron chi connectivity index (χ3n) is 3.38. The van der Waals surface area contributed by atoms with Gasteiger partial charge in [-0.3, -0.25) is 14.9 Å². The SMILES string of the molecule is COc1cc(C(=O)Nc2ccc(Cl)cc2C)c([N+](=O)[O-])cc1OC. The molecule has 0 aliphatic rings. The number of aryl methyl sites for hydroxylation is 1. The van der Waals surface area contributed by atoms with E-state index in [1.807, 2.05) is 0 Å². The Morgan fingerprint density at radius 3 is 2.33 bits per heavy atom. The highest BCUT2D eigenvalue weighted by Gasteiger charge is 2.24. The average Bonchev–Trinajstić information content (AvgIpc) is 2.55. The number of nitrogens with zero attached hydrogens (tertiary/aromatic N) is 1. The number of nitro groups is 1. The van der Waals surface area contributed by atoms with Crippen molar-refractivity contribution in [2.45, 2.75) is 6.92 Å². The molecule has 7 nitrogen and oxygen atoms in total. The van der Waals surface area contributed by atoms with Gasteiger partial charge in [0.25, 0.3) is 11.6 Å². The van der Waals surface area contributed by atoms with E-state index in [9.17, 15) is 14.9 Å². The highest BCUT2D eigenvalue weighted by molar-refractivity contribution is 6.30. The summed E-state index contributed by atoms with van der Waals surface area (Å²) in [4.78, 5) is 23.1. The number of nitrogens with one attached hydrogen (secondary N) is 1. The van der Waals surface area contributed by atoms with Gasteiger partial charge in [0.1, 0.15) is 5.56 Å². The molecule has 0 aliphatic carbocycles. The molecule has 0 heterocycles. The number of nitro benzene ring substituents is 1. The number of ether oxygens (including phenoxy) is 2. The van der Waals surface area contributed by atoms with E-state index in [1.165, 1.54) is 20.3 Å². The number of benzene rings is 2. The zero-order chi connectivity index (χ0) is 17.9. The van der Waals surface area contributed by atoms with Gasteiger partial charge in [-0.05, 0) is 30.7 Å². The van der Waals surface area contributed by atoms with Crippen molar-refractivity contribution < 1.29 is 19.2 Å². The van der Waals surface area contributed by atoms with Gasteiger partial charge in [0.2, 0.25) is 0 Å². The molecular weight excluding hydrogens is 336 g/mol. The number of amides is 1. The number of carbonyl (C=O) groups is 1. The highest BCUT2D eigenvalue weighted by atomic mass is 35.5. The molecule has 0 fully saturated rings.